The maximum absolute atomic E-state index is 13.4. The van der Waals surface area contributed by atoms with Crippen LogP contribution in [-0.2, 0) is 4.74 Å². The summed E-state index contributed by atoms with van der Waals surface area (Å²) in [6.45, 7) is 5.57. The minimum atomic E-state index is -0.129. The molecule has 17 heavy (non-hydrogen) atoms. The lowest BCUT2D eigenvalue weighted by Crippen LogP contribution is -2.20. The summed E-state index contributed by atoms with van der Waals surface area (Å²) in [7, 11) is 1.71. The summed E-state index contributed by atoms with van der Waals surface area (Å²) in [5.74, 6) is -0.129. The predicted octanol–water partition coefficient (Wildman–Crippen LogP) is 3.21. The van der Waals surface area contributed by atoms with Crippen LogP contribution >= 0.6 is 0 Å². The number of nitrogens with one attached hydrogen (secondary N) is 1. The number of aryl methyl sites for hydroxylation is 1. The van der Waals surface area contributed by atoms with Crippen LogP contribution in [0.4, 0.5) is 4.39 Å². The van der Waals surface area contributed by atoms with Gasteiger partial charge in [-0.3, -0.25) is 0 Å². The molecule has 0 aliphatic carbocycles. The van der Waals surface area contributed by atoms with E-state index in [2.05, 4.69) is 12.2 Å². The number of halogens is 1. The molecule has 96 valence electrons. The lowest BCUT2D eigenvalue weighted by atomic mass is 10.1. The molecule has 0 aliphatic rings. The van der Waals surface area contributed by atoms with E-state index in [-0.39, 0.29) is 11.9 Å². The number of unbranched alkanes of at least 4 members (excludes halogenated alkanes) is 1. The highest BCUT2D eigenvalue weighted by Crippen LogP contribution is 2.16. The van der Waals surface area contributed by atoms with Crippen molar-refractivity contribution >= 4 is 0 Å². The van der Waals surface area contributed by atoms with Crippen molar-refractivity contribution in [1.82, 2.24) is 5.32 Å². The molecular formula is C14H22FNO. The molecule has 0 amide bonds. The Labute approximate surface area is 103 Å². The molecule has 1 aromatic carbocycles. The number of benzene rings is 1. The Morgan fingerprint density at radius 2 is 2.12 bits per heavy atom. The summed E-state index contributed by atoms with van der Waals surface area (Å²) in [5.41, 5.74) is 1.70. The van der Waals surface area contributed by atoms with Crippen LogP contribution in [0.25, 0.3) is 0 Å². The fourth-order valence-electron chi connectivity index (χ4n) is 1.69. The van der Waals surface area contributed by atoms with Crippen LogP contribution in [0, 0.1) is 12.7 Å². The van der Waals surface area contributed by atoms with E-state index < -0.39 is 0 Å². The average Bonchev–Trinajstić information content (AvgIpc) is 2.32. The third-order valence-corrected chi connectivity index (χ3v) is 2.92. The van der Waals surface area contributed by atoms with Crippen molar-refractivity contribution in [2.75, 3.05) is 20.3 Å². The Balaban J connectivity index is 2.36. The molecule has 2 nitrogen and oxygen atoms in total. The molecule has 0 saturated heterocycles. The normalized spacial score (nSPS) is 12.7. The molecule has 0 bridgehead atoms. The molecule has 1 aromatic rings. The van der Waals surface area contributed by atoms with Crippen LogP contribution in [0.1, 0.15) is 36.9 Å². The van der Waals surface area contributed by atoms with E-state index in [0.717, 1.165) is 31.6 Å². The Morgan fingerprint density at radius 1 is 1.35 bits per heavy atom. The highest BCUT2D eigenvalue weighted by Gasteiger charge is 2.06. The largest absolute Gasteiger partial charge is 0.385 e. The number of hydrogen-bond acceptors (Lipinski definition) is 2. The van der Waals surface area contributed by atoms with Crippen molar-refractivity contribution in [3.63, 3.8) is 0 Å². The molecular weight excluding hydrogens is 217 g/mol. The maximum Gasteiger partial charge on any atom is 0.126 e. The van der Waals surface area contributed by atoms with Gasteiger partial charge >= 0.3 is 0 Å². The monoisotopic (exact) mass is 239 g/mol. The molecule has 1 N–H and O–H groups in total. The van der Waals surface area contributed by atoms with Crippen LogP contribution < -0.4 is 5.32 Å². The van der Waals surface area contributed by atoms with Crippen LogP contribution in [0.5, 0.6) is 0 Å². The predicted molar refractivity (Wildman–Crippen MR) is 68.7 cm³/mol. The second kappa shape index (κ2) is 7.41. The van der Waals surface area contributed by atoms with Gasteiger partial charge in [0, 0.05) is 19.8 Å². The van der Waals surface area contributed by atoms with Crippen molar-refractivity contribution in [3.05, 3.63) is 35.1 Å². The Morgan fingerprint density at radius 3 is 2.76 bits per heavy atom. The summed E-state index contributed by atoms with van der Waals surface area (Å²) in [5, 5.41) is 3.38. The molecule has 0 spiro atoms. The van der Waals surface area contributed by atoms with Gasteiger partial charge in [0.05, 0.1) is 0 Å². The molecule has 0 heterocycles. The van der Waals surface area contributed by atoms with Crippen molar-refractivity contribution in [1.29, 1.82) is 0 Å². The first-order valence-corrected chi connectivity index (χ1v) is 6.13. The van der Waals surface area contributed by atoms with Crippen molar-refractivity contribution in [3.8, 4) is 0 Å². The van der Waals surface area contributed by atoms with Gasteiger partial charge in [0.1, 0.15) is 5.82 Å². The van der Waals surface area contributed by atoms with Crippen molar-refractivity contribution in [2.24, 2.45) is 0 Å². The zero-order valence-corrected chi connectivity index (χ0v) is 10.9. The van der Waals surface area contributed by atoms with Gasteiger partial charge in [-0.15, -0.1) is 0 Å². The molecule has 0 fully saturated rings. The second-order valence-corrected chi connectivity index (χ2v) is 4.38. The van der Waals surface area contributed by atoms with Crippen LogP contribution in [-0.4, -0.2) is 20.3 Å². The molecule has 0 saturated carbocycles. The van der Waals surface area contributed by atoms with Gasteiger partial charge < -0.3 is 10.1 Å². The van der Waals surface area contributed by atoms with Crippen LogP contribution in [0.15, 0.2) is 18.2 Å². The first-order valence-electron chi connectivity index (χ1n) is 6.13. The van der Waals surface area contributed by atoms with Gasteiger partial charge in [-0.05, 0) is 50.4 Å². The highest BCUT2D eigenvalue weighted by atomic mass is 19.1. The summed E-state index contributed by atoms with van der Waals surface area (Å²) >= 11 is 0. The molecule has 0 aliphatic heterocycles. The fourth-order valence-corrected chi connectivity index (χ4v) is 1.69. The number of rotatable bonds is 7. The van der Waals surface area contributed by atoms with Crippen LogP contribution in [0.2, 0.25) is 0 Å². The summed E-state index contributed by atoms with van der Waals surface area (Å²) in [4.78, 5) is 0. The fraction of sp³-hybridized carbons (Fsp3) is 0.571. The molecule has 1 rings (SSSR count). The van der Waals surface area contributed by atoms with Gasteiger partial charge in [0.25, 0.3) is 0 Å². The summed E-state index contributed by atoms with van der Waals surface area (Å²) in [6.07, 6.45) is 2.13. The van der Waals surface area contributed by atoms with Gasteiger partial charge in [0.2, 0.25) is 0 Å². The lowest BCUT2D eigenvalue weighted by molar-refractivity contribution is 0.192. The van der Waals surface area contributed by atoms with E-state index in [4.69, 9.17) is 4.74 Å². The quantitative estimate of drug-likeness (QED) is 0.738. The van der Waals surface area contributed by atoms with Gasteiger partial charge in [-0.1, -0.05) is 12.1 Å². The van der Waals surface area contributed by atoms with E-state index in [1.807, 2.05) is 12.1 Å². The molecule has 0 radical (unpaired) electrons. The Hall–Kier alpha value is -0.930. The van der Waals surface area contributed by atoms with Crippen molar-refractivity contribution < 1.29 is 9.13 Å². The minimum absolute atomic E-state index is 0.129. The smallest absolute Gasteiger partial charge is 0.126 e. The zero-order chi connectivity index (χ0) is 12.7. The number of ether oxygens (including phenoxy) is 1. The van der Waals surface area contributed by atoms with E-state index in [1.54, 1.807) is 20.1 Å². The standard InChI is InChI=1S/C14H22FNO/c1-11-6-7-13(10-14(11)15)12(2)16-8-4-5-9-17-3/h6-7,10,12,16H,4-5,8-9H2,1-3H3. The van der Waals surface area contributed by atoms with E-state index in [0.29, 0.717) is 5.56 Å². The maximum atomic E-state index is 13.4. The Bertz CT molecular complexity index is 341. The SMILES string of the molecule is COCCCCNC(C)c1ccc(C)c(F)c1. The molecule has 1 unspecified atom stereocenters. The highest BCUT2D eigenvalue weighted by molar-refractivity contribution is 5.25. The van der Waals surface area contributed by atoms with E-state index in [1.165, 1.54) is 0 Å². The first-order chi connectivity index (χ1) is 8.15. The van der Waals surface area contributed by atoms with Gasteiger partial charge in [0.15, 0.2) is 0 Å². The lowest BCUT2D eigenvalue weighted by Gasteiger charge is -2.14. The second-order valence-electron chi connectivity index (χ2n) is 4.38. The molecule has 1 atom stereocenters. The average molecular weight is 239 g/mol. The Kier molecular flexibility index (Phi) is 6.16. The first kappa shape index (κ1) is 14.1. The van der Waals surface area contributed by atoms with E-state index >= 15 is 0 Å². The topological polar surface area (TPSA) is 21.3 Å². The number of methoxy groups -OCH3 is 1. The third kappa shape index (κ3) is 4.84. The van der Waals surface area contributed by atoms with Crippen molar-refractivity contribution in [2.45, 2.75) is 32.7 Å². The summed E-state index contributed by atoms with van der Waals surface area (Å²) < 4.78 is 18.4. The third-order valence-electron chi connectivity index (χ3n) is 2.92. The van der Waals surface area contributed by atoms with Crippen LogP contribution in [0.3, 0.4) is 0 Å². The van der Waals surface area contributed by atoms with Gasteiger partial charge in [-0.2, -0.15) is 0 Å². The molecule has 3 heteroatoms. The summed E-state index contributed by atoms with van der Waals surface area (Å²) in [6, 6.07) is 5.61. The zero-order valence-electron chi connectivity index (χ0n) is 10.9. The number of hydrogen-bond donors (Lipinski definition) is 1. The van der Waals surface area contributed by atoms with Gasteiger partial charge in [-0.25, -0.2) is 4.39 Å². The minimum Gasteiger partial charge on any atom is -0.385 e. The molecule has 0 aromatic heterocycles. The van der Waals surface area contributed by atoms with E-state index in [9.17, 15) is 4.39 Å².